The third-order valence-corrected chi connectivity index (χ3v) is 3.30. The van der Waals surface area contributed by atoms with Crippen LogP contribution in [0.1, 0.15) is 31.3 Å². The van der Waals surface area contributed by atoms with Crippen molar-refractivity contribution < 1.29 is 9.59 Å². The first-order chi connectivity index (χ1) is 7.29. The van der Waals surface area contributed by atoms with E-state index in [1.807, 2.05) is 0 Å². The Kier molecular flexibility index (Phi) is 1.61. The summed E-state index contributed by atoms with van der Waals surface area (Å²) >= 11 is 1.30. The minimum Gasteiger partial charge on any atom is -0.288 e. The van der Waals surface area contributed by atoms with Crippen molar-refractivity contribution in [1.82, 2.24) is 4.98 Å². The number of pyridine rings is 1. The van der Waals surface area contributed by atoms with Crippen LogP contribution in [0.25, 0.3) is 0 Å². The molecule has 2 aromatic rings. The van der Waals surface area contributed by atoms with Crippen LogP contribution >= 0.6 is 11.3 Å². The summed E-state index contributed by atoms with van der Waals surface area (Å²) in [5.41, 5.74) is 1.17. The first-order valence-corrected chi connectivity index (χ1v) is 5.29. The molecule has 0 spiro atoms. The van der Waals surface area contributed by atoms with E-state index in [1.165, 1.54) is 17.5 Å². The molecule has 0 fully saturated rings. The number of aromatic nitrogens is 1. The molecule has 0 saturated heterocycles. The van der Waals surface area contributed by atoms with Gasteiger partial charge >= 0.3 is 0 Å². The maximum absolute atomic E-state index is 11.9. The van der Waals surface area contributed by atoms with Gasteiger partial charge in [0.15, 0.2) is 0 Å². The van der Waals surface area contributed by atoms with Crippen LogP contribution in [0.4, 0.5) is 0 Å². The van der Waals surface area contributed by atoms with E-state index >= 15 is 0 Å². The Hall–Kier alpha value is -1.81. The van der Waals surface area contributed by atoms with Crippen molar-refractivity contribution in [2.45, 2.75) is 0 Å². The Morgan fingerprint density at radius 2 is 1.93 bits per heavy atom. The van der Waals surface area contributed by atoms with Gasteiger partial charge in [-0.05, 0) is 23.6 Å². The standard InChI is InChI=1S/C11H5NO2S/c13-9-7-3-5-15-11(7)10(14)6-2-1-4-12-8(6)9/h1-5H. The molecule has 0 amide bonds. The maximum Gasteiger partial charge on any atom is 0.213 e. The summed E-state index contributed by atoms with van der Waals surface area (Å²) < 4.78 is 0. The second-order valence-corrected chi connectivity index (χ2v) is 4.14. The van der Waals surface area contributed by atoms with E-state index in [1.54, 1.807) is 23.6 Å². The van der Waals surface area contributed by atoms with Crippen LogP contribution in [0.3, 0.4) is 0 Å². The molecule has 0 bridgehead atoms. The lowest BCUT2D eigenvalue weighted by molar-refractivity contribution is 0.0978. The van der Waals surface area contributed by atoms with Gasteiger partial charge in [-0.15, -0.1) is 11.3 Å². The second kappa shape index (κ2) is 2.84. The molecule has 72 valence electrons. The number of rotatable bonds is 0. The van der Waals surface area contributed by atoms with Gasteiger partial charge in [-0.2, -0.15) is 0 Å². The Labute approximate surface area is 89.4 Å². The molecule has 1 aliphatic rings. The highest BCUT2D eigenvalue weighted by atomic mass is 32.1. The molecular weight excluding hydrogens is 210 g/mol. The summed E-state index contributed by atoms with van der Waals surface area (Å²) in [6.45, 7) is 0. The van der Waals surface area contributed by atoms with Crippen LogP contribution in [-0.2, 0) is 0 Å². The van der Waals surface area contributed by atoms with E-state index in [9.17, 15) is 9.59 Å². The fourth-order valence-corrected chi connectivity index (χ4v) is 2.53. The Morgan fingerprint density at radius 3 is 2.80 bits per heavy atom. The predicted molar refractivity (Wildman–Crippen MR) is 55.4 cm³/mol. The molecule has 3 nitrogen and oxygen atoms in total. The van der Waals surface area contributed by atoms with E-state index in [-0.39, 0.29) is 17.3 Å². The number of carbonyl (C=O) groups is 2. The molecule has 0 aromatic carbocycles. The molecule has 4 heteroatoms. The van der Waals surface area contributed by atoms with Crippen LogP contribution < -0.4 is 0 Å². The molecular formula is C11H5NO2S. The van der Waals surface area contributed by atoms with E-state index in [4.69, 9.17) is 0 Å². The molecule has 0 aliphatic heterocycles. The van der Waals surface area contributed by atoms with E-state index in [0.29, 0.717) is 16.0 Å². The first-order valence-electron chi connectivity index (χ1n) is 4.41. The molecule has 1 aliphatic carbocycles. The monoisotopic (exact) mass is 215 g/mol. The SMILES string of the molecule is O=C1c2ccsc2C(=O)c2cccnc21. The first kappa shape index (κ1) is 8.49. The summed E-state index contributed by atoms with van der Waals surface area (Å²) in [5.74, 6) is -0.246. The average molecular weight is 215 g/mol. The van der Waals surface area contributed by atoms with Crippen LogP contribution in [0.15, 0.2) is 29.8 Å². The molecule has 2 heterocycles. The quantitative estimate of drug-likeness (QED) is 0.575. The van der Waals surface area contributed by atoms with Gasteiger partial charge < -0.3 is 0 Å². The van der Waals surface area contributed by atoms with Crippen molar-refractivity contribution in [3.05, 3.63) is 51.5 Å². The lowest BCUT2D eigenvalue weighted by Gasteiger charge is -2.11. The van der Waals surface area contributed by atoms with Crippen molar-refractivity contribution in [3.8, 4) is 0 Å². The molecule has 0 atom stereocenters. The molecule has 0 radical (unpaired) electrons. The van der Waals surface area contributed by atoms with Crippen molar-refractivity contribution >= 4 is 22.9 Å². The van der Waals surface area contributed by atoms with Crippen molar-refractivity contribution in [2.75, 3.05) is 0 Å². The maximum atomic E-state index is 11.9. The molecule has 15 heavy (non-hydrogen) atoms. The lowest BCUT2D eigenvalue weighted by Crippen LogP contribution is -2.19. The Morgan fingerprint density at radius 1 is 1.07 bits per heavy atom. The highest BCUT2D eigenvalue weighted by Gasteiger charge is 2.31. The van der Waals surface area contributed by atoms with Crippen molar-refractivity contribution in [1.29, 1.82) is 0 Å². The fraction of sp³-hybridized carbons (Fsp3) is 0. The van der Waals surface area contributed by atoms with Crippen molar-refractivity contribution in [3.63, 3.8) is 0 Å². The minimum atomic E-state index is -0.151. The number of nitrogens with zero attached hydrogens (tertiary/aromatic N) is 1. The lowest BCUT2D eigenvalue weighted by atomic mass is 9.93. The summed E-state index contributed by atoms with van der Waals surface area (Å²) in [6, 6.07) is 4.99. The normalized spacial score (nSPS) is 13.6. The zero-order chi connectivity index (χ0) is 10.4. The zero-order valence-corrected chi connectivity index (χ0v) is 8.38. The smallest absolute Gasteiger partial charge is 0.213 e. The zero-order valence-electron chi connectivity index (χ0n) is 7.56. The molecule has 0 saturated carbocycles. The predicted octanol–water partition coefficient (Wildman–Crippen LogP) is 1.92. The average Bonchev–Trinajstić information content (AvgIpc) is 2.75. The van der Waals surface area contributed by atoms with Gasteiger partial charge in [-0.1, -0.05) is 0 Å². The molecule has 0 N–H and O–H groups in total. The largest absolute Gasteiger partial charge is 0.288 e. The Balaban J connectivity index is 2.36. The summed E-state index contributed by atoms with van der Waals surface area (Å²) in [4.78, 5) is 28.3. The van der Waals surface area contributed by atoms with Crippen molar-refractivity contribution in [2.24, 2.45) is 0 Å². The van der Waals surface area contributed by atoms with Crippen LogP contribution in [-0.4, -0.2) is 16.6 Å². The van der Waals surface area contributed by atoms with Crippen LogP contribution in [0.2, 0.25) is 0 Å². The van der Waals surface area contributed by atoms with Gasteiger partial charge in [0.2, 0.25) is 11.6 Å². The topological polar surface area (TPSA) is 47.0 Å². The third kappa shape index (κ3) is 1.02. The van der Waals surface area contributed by atoms with Gasteiger partial charge in [-0.25, -0.2) is 0 Å². The second-order valence-electron chi connectivity index (χ2n) is 3.22. The number of ketones is 2. The third-order valence-electron chi connectivity index (χ3n) is 2.38. The minimum absolute atomic E-state index is 0.0947. The molecule has 2 aromatic heterocycles. The number of fused-ring (bicyclic) bond motifs is 2. The van der Waals surface area contributed by atoms with Crippen LogP contribution in [0.5, 0.6) is 0 Å². The van der Waals surface area contributed by atoms with Gasteiger partial charge in [0.1, 0.15) is 5.69 Å². The van der Waals surface area contributed by atoms with Gasteiger partial charge in [-0.3, -0.25) is 14.6 Å². The highest BCUT2D eigenvalue weighted by Crippen LogP contribution is 2.29. The Bertz CT molecular complexity index is 536. The number of hydrogen-bond donors (Lipinski definition) is 0. The number of thiophene rings is 1. The molecule has 0 unspecified atom stereocenters. The van der Waals surface area contributed by atoms with E-state index < -0.39 is 0 Å². The number of carbonyl (C=O) groups excluding carboxylic acids is 2. The summed E-state index contributed by atoms with van der Waals surface area (Å²) in [6.07, 6.45) is 1.53. The summed E-state index contributed by atoms with van der Waals surface area (Å²) in [5, 5.41) is 1.76. The van der Waals surface area contributed by atoms with Crippen LogP contribution in [0, 0.1) is 0 Å². The summed E-state index contributed by atoms with van der Waals surface area (Å²) in [7, 11) is 0. The van der Waals surface area contributed by atoms with E-state index in [2.05, 4.69) is 4.98 Å². The highest BCUT2D eigenvalue weighted by molar-refractivity contribution is 7.12. The molecule has 3 rings (SSSR count). The van der Waals surface area contributed by atoms with Gasteiger partial charge in [0.25, 0.3) is 0 Å². The van der Waals surface area contributed by atoms with E-state index in [0.717, 1.165) is 0 Å². The van der Waals surface area contributed by atoms with Gasteiger partial charge in [0, 0.05) is 11.8 Å². The van der Waals surface area contributed by atoms with Gasteiger partial charge in [0.05, 0.1) is 10.4 Å². The number of hydrogen-bond acceptors (Lipinski definition) is 4. The fourth-order valence-electron chi connectivity index (χ4n) is 1.68.